The number of rotatable bonds is 4. The van der Waals surface area contributed by atoms with Crippen LogP contribution in [0.25, 0.3) is 6.08 Å². The first-order chi connectivity index (χ1) is 12.9. The first kappa shape index (κ1) is 18.9. The van der Waals surface area contributed by atoms with Crippen molar-refractivity contribution in [1.82, 2.24) is 0 Å². The van der Waals surface area contributed by atoms with Gasteiger partial charge in [-0.1, -0.05) is 60.4 Å². The molecular formula is C20H15NO4S2. The minimum absolute atomic E-state index is 0.286. The number of carbonyl (C=O) groups excluding carboxylic acids is 1. The summed E-state index contributed by atoms with van der Waals surface area (Å²) < 4.78 is 0.306. The second kappa shape index (κ2) is 7.77. The molecule has 0 spiro atoms. The van der Waals surface area contributed by atoms with Gasteiger partial charge in [-0.2, -0.15) is 0 Å². The van der Waals surface area contributed by atoms with Gasteiger partial charge in [0, 0.05) is 0 Å². The van der Waals surface area contributed by atoms with Crippen LogP contribution in [0.5, 0.6) is 5.75 Å². The summed E-state index contributed by atoms with van der Waals surface area (Å²) in [5.74, 6) is -1.97. The Labute approximate surface area is 165 Å². The van der Waals surface area contributed by atoms with Crippen molar-refractivity contribution in [3.05, 3.63) is 76.2 Å². The van der Waals surface area contributed by atoms with Gasteiger partial charge in [0.15, 0.2) is 4.32 Å². The summed E-state index contributed by atoms with van der Waals surface area (Å²) in [4.78, 5) is 25.7. The first-order valence-corrected chi connectivity index (χ1v) is 9.17. The van der Waals surface area contributed by atoms with Crippen molar-refractivity contribution in [2.24, 2.45) is 0 Å². The van der Waals surface area contributed by atoms with E-state index in [9.17, 15) is 14.7 Å². The molecule has 0 saturated carbocycles. The molecular weight excluding hydrogens is 382 g/mol. The van der Waals surface area contributed by atoms with Gasteiger partial charge in [0.1, 0.15) is 11.3 Å². The zero-order valence-electron chi connectivity index (χ0n) is 14.2. The van der Waals surface area contributed by atoms with Gasteiger partial charge in [-0.25, -0.2) is 4.79 Å². The Morgan fingerprint density at radius 2 is 1.89 bits per heavy atom. The molecule has 1 amide bonds. The smallest absolute Gasteiger partial charge is 0.339 e. The Morgan fingerprint density at radius 1 is 1.19 bits per heavy atom. The predicted octanol–water partition coefficient (Wildman–Crippen LogP) is 4.44. The number of hydrogen-bond donors (Lipinski definition) is 2. The van der Waals surface area contributed by atoms with Crippen LogP contribution in [-0.4, -0.2) is 26.4 Å². The highest BCUT2D eigenvalue weighted by Crippen LogP contribution is 2.37. The van der Waals surface area contributed by atoms with E-state index in [0.29, 0.717) is 14.9 Å². The number of thiocarbonyl (C=S) groups is 1. The summed E-state index contributed by atoms with van der Waals surface area (Å²) in [7, 11) is 0. The molecule has 2 aromatic rings. The van der Waals surface area contributed by atoms with Gasteiger partial charge in [-0.05, 0) is 42.3 Å². The van der Waals surface area contributed by atoms with Crippen LogP contribution in [0.3, 0.4) is 0 Å². The van der Waals surface area contributed by atoms with Crippen LogP contribution in [0, 0.1) is 0 Å². The highest BCUT2D eigenvalue weighted by molar-refractivity contribution is 8.27. The number of phenols is 1. The number of benzene rings is 2. The number of nitrogens with zero attached hydrogens (tertiary/aromatic N) is 1. The minimum Gasteiger partial charge on any atom is -0.507 e. The SMILES string of the molecule is CC(=Cc1ccccc1)C=C1SC(=S)N(c2ccc(O)c(C(=O)O)c2)C1=O. The molecule has 7 heteroatoms. The number of carbonyl (C=O) groups is 2. The molecule has 136 valence electrons. The maximum absolute atomic E-state index is 12.8. The third kappa shape index (κ3) is 4.10. The molecule has 5 nitrogen and oxygen atoms in total. The summed E-state index contributed by atoms with van der Waals surface area (Å²) in [6, 6.07) is 13.7. The van der Waals surface area contributed by atoms with E-state index < -0.39 is 5.97 Å². The van der Waals surface area contributed by atoms with Crippen LogP contribution < -0.4 is 4.90 Å². The second-order valence-corrected chi connectivity index (χ2v) is 7.50. The molecule has 1 fully saturated rings. The lowest BCUT2D eigenvalue weighted by atomic mass is 10.1. The average Bonchev–Trinajstić information content (AvgIpc) is 2.89. The molecule has 2 N–H and O–H groups in total. The fourth-order valence-corrected chi connectivity index (χ4v) is 3.93. The fraction of sp³-hybridized carbons (Fsp3) is 0.0500. The lowest BCUT2D eigenvalue weighted by Gasteiger charge is -2.15. The van der Waals surface area contributed by atoms with Crippen molar-refractivity contribution in [3.8, 4) is 5.75 Å². The standard InChI is InChI=1S/C20H15NO4S2/c1-12(9-13-5-3-2-4-6-13)10-17-18(23)21(20(26)27-17)14-7-8-16(22)15(11-14)19(24)25/h2-11,22H,1H3,(H,24,25). The number of allylic oxidation sites excluding steroid dienone is 2. The van der Waals surface area contributed by atoms with E-state index in [1.165, 1.54) is 23.1 Å². The number of aromatic carboxylic acids is 1. The van der Waals surface area contributed by atoms with Gasteiger partial charge in [-0.3, -0.25) is 9.69 Å². The Morgan fingerprint density at radius 3 is 2.56 bits per heavy atom. The lowest BCUT2D eigenvalue weighted by molar-refractivity contribution is -0.113. The van der Waals surface area contributed by atoms with Crippen LogP contribution in [-0.2, 0) is 4.79 Å². The van der Waals surface area contributed by atoms with Crippen LogP contribution in [0.2, 0.25) is 0 Å². The summed E-state index contributed by atoms with van der Waals surface area (Å²) in [5.41, 5.74) is 1.93. The molecule has 1 saturated heterocycles. The zero-order chi connectivity index (χ0) is 19.6. The molecule has 1 aliphatic heterocycles. The molecule has 0 aliphatic carbocycles. The van der Waals surface area contributed by atoms with Crippen molar-refractivity contribution in [3.63, 3.8) is 0 Å². The topological polar surface area (TPSA) is 77.8 Å². The first-order valence-electron chi connectivity index (χ1n) is 7.94. The third-order valence-electron chi connectivity index (χ3n) is 3.82. The Balaban J connectivity index is 1.90. The number of aromatic hydroxyl groups is 1. The number of thioether (sulfide) groups is 1. The molecule has 0 atom stereocenters. The van der Waals surface area contributed by atoms with E-state index in [4.69, 9.17) is 17.3 Å². The summed E-state index contributed by atoms with van der Waals surface area (Å²) in [6.45, 7) is 1.89. The van der Waals surface area contributed by atoms with Gasteiger partial charge in [0.05, 0.1) is 10.6 Å². The van der Waals surface area contributed by atoms with Crippen molar-refractivity contribution in [2.45, 2.75) is 6.92 Å². The molecule has 0 bridgehead atoms. The average molecular weight is 397 g/mol. The van der Waals surface area contributed by atoms with Gasteiger partial charge in [-0.15, -0.1) is 0 Å². The number of hydrogen-bond acceptors (Lipinski definition) is 5. The normalized spacial score (nSPS) is 16.3. The highest BCUT2D eigenvalue weighted by atomic mass is 32.2. The molecule has 2 aromatic carbocycles. The Kier molecular flexibility index (Phi) is 5.43. The van der Waals surface area contributed by atoms with Gasteiger partial charge >= 0.3 is 5.97 Å². The number of carboxylic acids is 1. The van der Waals surface area contributed by atoms with Crippen LogP contribution in [0.1, 0.15) is 22.8 Å². The van der Waals surface area contributed by atoms with Crippen LogP contribution >= 0.6 is 24.0 Å². The predicted molar refractivity (Wildman–Crippen MR) is 111 cm³/mol. The molecule has 3 rings (SSSR count). The van der Waals surface area contributed by atoms with Gasteiger partial charge in [0.2, 0.25) is 0 Å². The Hall–Kier alpha value is -2.90. The highest BCUT2D eigenvalue weighted by Gasteiger charge is 2.33. The summed E-state index contributed by atoms with van der Waals surface area (Å²) in [6.07, 6.45) is 3.71. The van der Waals surface area contributed by atoms with E-state index in [0.717, 1.165) is 22.9 Å². The van der Waals surface area contributed by atoms with Crippen molar-refractivity contribution in [2.75, 3.05) is 4.90 Å². The maximum atomic E-state index is 12.8. The molecule has 0 unspecified atom stereocenters. The Bertz CT molecular complexity index is 996. The van der Waals surface area contributed by atoms with Gasteiger partial charge < -0.3 is 10.2 Å². The minimum atomic E-state index is -1.28. The molecule has 1 heterocycles. The van der Waals surface area contributed by atoms with Crippen molar-refractivity contribution in [1.29, 1.82) is 0 Å². The van der Waals surface area contributed by atoms with Crippen molar-refractivity contribution < 1.29 is 19.8 Å². The molecule has 0 radical (unpaired) electrons. The zero-order valence-corrected chi connectivity index (χ0v) is 15.9. The van der Waals surface area contributed by atoms with E-state index in [-0.39, 0.29) is 17.2 Å². The van der Waals surface area contributed by atoms with Gasteiger partial charge in [0.25, 0.3) is 5.91 Å². The fourth-order valence-electron chi connectivity index (χ4n) is 2.59. The lowest BCUT2D eigenvalue weighted by Crippen LogP contribution is -2.27. The third-order valence-corrected chi connectivity index (χ3v) is 5.12. The van der Waals surface area contributed by atoms with Crippen LogP contribution in [0.4, 0.5) is 5.69 Å². The maximum Gasteiger partial charge on any atom is 0.339 e. The van der Waals surface area contributed by atoms with Crippen LogP contribution in [0.15, 0.2) is 65.1 Å². The quantitative estimate of drug-likeness (QED) is 0.587. The number of anilines is 1. The molecule has 27 heavy (non-hydrogen) atoms. The number of amides is 1. The number of carboxylic acid groups (broad SMARTS) is 1. The summed E-state index contributed by atoms with van der Waals surface area (Å²) >= 11 is 6.45. The van der Waals surface area contributed by atoms with E-state index in [2.05, 4.69) is 0 Å². The van der Waals surface area contributed by atoms with Crippen molar-refractivity contribution >= 4 is 51.9 Å². The molecule has 1 aliphatic rings. The summed E-state index contributed by atoms with van der Waals surface area (Å²) in [5, 5.41) is 18.8. The largest absolute Gasteiger partial charge is 0.507 e. The van der Waals surface area contributed by atoms with E-state index >= 15 is 0 Å². The van der Waals surface area contributed by atoms with E-state index in [1.807, 2.05) is 43.3 Å². The monoisotopic (exact) mass is 397 g/mol. The molecule has 0 aromatic heterocycles. The second-order valence-electron chi connectivity index (χ2n) is 5.82. The van der Waals surface area contributed by atoms with E-state index in [1.54, 1.807) is 6.08 Å².